The molecule has 1 aromatic rings. The first-order valence-electron chi connectivity index (χ1n) is 5.86. The minimum absolute atomic E-state index is 0.00662. The molecular formula is C12H21N3OS. The second kappa shape index (κ2) is 6.12. The molecule has 2 N–H and O–H groups in total. The summed E-state index contributed by atoms with van der Waals surface area (Å²) in [4.78, 5) is 19.1. The summed E-state index contributed by atoms with van der Waals surface area (Å²) >= 11 is 1.58. The van der Waals surface area contributed by atoms with E-state index in [-0.39, 0.29) is 11.8 Å². The fraction of sp³-hybridized carbons (Fsp3) is 0.667. The Morgan fingerprint density at radius 3 is 2.76 bits per heavy atom. The molecule has 1 rings (SSSR count). The lowest BCUT2D eigenvalue weighted by molar-refractivity contribution is -0.132. The van der Waals surface area contributed by atoms with Crippen molar-refractivity contribution in [3.8, 4) is 0 Å². The number of thiazole rings is 1. The molecule has 0 saturated carbocycles. The molecule has 0 saturated heterocycles. The summed E-state index contributed by atoms with van der Waals surface area (Å²) in [5.74, 6) is 0.222. The Morgan fingerprint density at radius 2 is 2.29 bits per heavy atom. The number of hydrogen-bond acceptors (Lipinski definition) is 4. The van der Waals surface area contributed by atoms with Gasteiger partial charge in [-0.1, -0.05) is 20.3 Å². The Labute approximate surface area is 107 Å². The highest BCUT2D eigenvalue weighted by atomic mass is 32.1. The number of rotatable bonds is 5. The molecule has 0 aliphatic rings. The molecule has 96 valence electrons. The molecule has 4 nitrogen and oxygen atoms in total. The van der Waals surface area contributed by atoms with Crippen LogP contribution in [0.5, 0.6) is 0 Å². The molecule has 0 spiro atoms. The van der Waals surface area contributed by atoms with E-state index in [2.05, 4.69) is 4.98 Å². The van der Waals surface area contributed by atoms with Gasteiger partial charge in [-0.3, -0.25) is 4.79 Å². The first kappa shape index (κ1) is 14.1. The number of nitrogens with zero attached hydrogens (tertiary/aromatic N) is 2. The van der Waals surface area contributed by atoms with Crippen molar-refractivity contribution in [2.75, 3.05) is 7.05 Å². The molecule has 0 aliphatic carbocycles. The Kier molecular flexibility index (Phi) is 5.08. The number of nitrogens with two attached hydrogens (primary N) is 1. The van der Waals surface area contributed by atoms with Crippen molar-refractivity contribution in [3.05, 3.63) is 16.1 Å². The van der Waals surface area contributed by atoms with Crippen LogP contribution in [-0.2, 0) is 11.3 Å². The van der Waals surface area contributed by atoms with Gasteiger partial charge < -0.3 is 10.6 Å². The molecule has 0 radical (unpaired) electrons. The van der Waals surface area contributed by atoms with Crippen molar-refractivity contribution in [1.29, 1.82) is 0 Å². The van der Waals surface area contributed by atoms with Crippen LogP contribution in [0.3, 0.4) is 0 Å². The van der Waals surface area contributed by atoms with Gasteiger partial charge in [0.15, 0.2) is 0 Å². The monoisotopic (exact) mass is 255 g/mol. The largest absolute Gasteiger partial charge is 0.339 e. The molecule has 5 heteroatoms. The zero-order valence-electron chi connectivity index (χ0n) is 10.9. The molecular weight excluding hydrogens is 234 g/mol. The van der Waals surface area contributed by atoms with Gasteiger partial charge in [-0.15, -0.1) is 11.3 Å². The van der Waals surface area contributed by atoms with Crippen LogP contribution in [0.2, 0.25) is 0 Å². The summed E-state index contributed by atoms with van der Waals surface area (Å²) in [7, 11) is 1.80. The molecule has 17 heavy (non-hydrogen) atoms. The van der Waals surface area contributed by atoms with Crippen LogP contribution in [0.15, 0.2) is 5.51 Å². The van der Waals surface area contributed by atoms with Crippen molar-refractivity contribution < 1.29 is 4.79 Å². The van der Waals surface area contributed by atoms with E-state index in [1.54, 1.807) is 28.8 Å². The van der Waals surface area contributed by atoms with Crippen molar-refractivity contribution in [2.45, 2.75) is 39.8 Å². The van der Waals surface area contributed by atoms with Gasteiger partial charge in [-0.05, 0) is 12.8 Å². The van der Waals surface area contributed by atoms with E-state index in [0.29, 0.717) is 6.54 Å². The number of likely N-dealkylation sites (N-methyl/N-ethyl adjacent to an activating group) is 1. The van der Waals surface area contributed by atoms with E-state index in [1.807, 2.05) is 20.8 Å². The van der Waals surface area contributed by atoms with E-state index in [1.165, 1.54) is 0 Å². The Bertz CT molecular complexity index is 378. The van der Waals surface area contributed by atoms with Gasteiger partial charge >= 0.3 is 0 Å². The average molecular weight is 255 g/mol. The highest BCUT2D eigenvalue weighted by Gasteiger charge is 2.23. The van der Waals surface area contributed by atoms with Crippen LogP contribution >= 0.6 is 11.3 Å². The third-order valence-corrected chi connectivity index (χ3v) is 4.06. The van der Waals surface area contributed by atoms with E-state index >= 15 is 0 Å². The van der Waals surface area contributed by atoms with Crippen LogP contribution in [0.1, 0.15) is 30.8 Å². The van der Waals surface area contributed by atoms with Gasteiger partial charge in [-0.25, -0.2) is 4.98 Å². The Balaban J connectivity index is 2.61. The Morgan fingerprint density at radius 1 is 1.65 bits per heavy atom. The number of amides is 1. The lowest BCUT2D eigenvalue weighted by Crippen LogP contribution is -2.45. The van der Waals surface area contributed by atoms with Crippen molar-refractivity contribution in [1.82, 2.24) is 9.88 Å². The third-order valence-electron chi connectivity index (χ3n) is 3.14. The number of carbonyl (C=O) groups excluding carboxylic acids is 1. The number of carbonyl (C=O) groups is 1. The van der Waals surface area contributed by atoms with Gasteiger partial charge in [0.05, 0.1) is 23.8 Å². The molecule has 0 aromatic carbocycles. The summed E-state index contributed by atoms with van der Waals surface area (Å²) in [6.07, 6.45) is 0.917. The second-order valence-electron chi connectivity index (χ2n) is 4.47. The normalized spacial score (nSPS) is 14.4. The maximum absolute atomic E-state index is 12.1. The summed E-state index contributed by atoms with van der Waals surface area (Å²) < 4.78 is 0. The highest BCUT2D eigenvalue weighted by molar-refractivity contribution is 7.09. The minimum Gasteiger partial charge on any atom is -0.339 e. The molecule has 1 heterocycles. The summed E-state index contributed by atoms with van der Waals surface area (Å²) in [5, 5.41) is 0. The predicted molar refractivity (Wildman–Crippen MR) is 70.8 cm³/mol. The second-order valence-corrected chi connectivity index (χ2v) is 5.41. The fourth-order valence-electron chi connectivity index (χ4n) is 1.52. The SMILES string of the molecule is CCC(C)[C@H](N)C(=O)N(C)Cc1scnc1C. The molecule has 1 aromatic heterocycles. The van der Waals surface area contributed by atoms with E-state index < -0.39 is 6.04 Å². The van der Waals surface area contributed by atoms with Crippen molar-refractivity contribution >= 4 is 17.2 Å². The first-order chi connectivity index (χ1) is 7.97. The van der Waals surface area contributed by atoms with Crippen LogP contribution in [-0.4, -0.2) is 28.9 Å². The minimum atomic E-state index is -0.404. The lowest BCUT2D eigenvalue weighted by Gasteiger charge is -2.24. The molecule has 0 aliphatic heterocycles. The van der Waals surface area contributed by atoms with Crippen molar-refractivity contribution in [3.63, 3.8) is 0 Å². The van der Waals surface area contributed by atoms with Gasteiger partial charge in [-0.2, -0.15) is 0 Å². The standard InChI is InChI=1S/C12H21N3OS/c1-5-8(2)11(13)12(16)15(4)6-10-9(3)14-7-17-10/h7-8,11H,5-6,13H2,1-4H3/t8?,11-/m0/s1. The topological polar surface area (TPSA) is 59.2 Å². The molecule has 1 amide bonds. The number of hydrogen-bond donors (Lipinski definition) is 1. The van der Waals surface area contributed by atoms with Crippen LogP contribution < -0.4 is 5.73 Å². The van der Waals surface area contributed by atoms with Crippen molar-refractivity contribution in [2.24, 2.45) is 11.7 Å². The average Bonchev–Trinajstić information content (AvgIpc) is 2.72. The summed E-state index contributed by atoms with van der Waals surface area (Å²) in [5.41, 5.74) is 8.73. The van der Waals surface area contributed by atoms with E-state index in [9.17, 15) is 4.79 Å². The highest BCUT2D eigenvalue weighted by Crippen LogP contribution is 2.15. The van der Waals surface area contributed by atoms with Gasteiger partial charge in [0.2, 0.25) is 5.91 Å². The lowest BCUT2D eigenvalue weighted by atomic mass is 9.99. The number of aryl methyl sites for hydroxylation is 1. The number of aromatic nitrogens is 1. The van der Waals surface area contributed by atoms with E-state index in [0.717, 1.165) is 17.0 Å². The third kappa shape index (κ3) is 3.51. The molecule has 1 unspecified atom stereocenters. The maximum atomic E-state index is 12.1. The van der Waals surface area contributed by atoms with Crippen LogP contribution in [0, 0.1) is 12.8 Å². The van der Waals surface area contributed by atoms with Crippen LogP contribution in [0.25, 0.3) is 0 Å². The zero-order valence-corrected chi connectivity index (χ0v) is 11.8. The predicted octanol–water partition coefficient (Wildman–Crippen LogP) is 1.78. The maximum Gasteiger partial charge on any atom is 0.239 e. The first-order valence-corrected chi connectivity index (χ1v) is 6.74. The fourth-order valence-corrected chi connectivity index (χ4v) is 2.35. The van der Waals surface area contributed by atoms with Gasteiger partial charge in [0, 0.05) is 11.9 Å². The zero-order chi connectivity index (χ0) is 13.0. The molecule has 2 atom stereocenters. The quantitative estimate of drug-likeness (QED) is 0.872. The van der Waals surface area contributed by atoms with Crippen LogP contribution in [0.4, 0.5) is 0 Å². The van der Waals surface area contributed by atoms with E-state index in [4.69, 9.17) is 5.73 Å². The molecule has 0 bridgehead atoms. The summed E-state index contributed by atoms with van der Waals surface area (Å²) in [6, 6.07) is -0.404. The smallest absolute Gasteiger partial charge is 0.239 e. The van der Waals surface area contributed by atoms with Gasteiger partial charge in [0.25, 0.3) is 0 Å². The van der Waals surface area contributed by atoms with Gasteiger partial charge in [0.1, 0.15) is 0 Å². The Hall–Kier alpha value is -0.940. The summed E-state index contributed by atoms with van der Waals surface area (Å²) in [6.45, 7) is 6.61. The molecule has 0 fully saturated rings.